The van der Waals surface area contributed by atoms with E-state index < -0.39 is 11.8 Å². The van der Waals surface area contributed by atoms with E-state index in [2.05, 4.69) is 4.98 Å². The summed E-state index contributed by atoms with van der Waals surface area (Å²) in [6.45, 7) is 2.16. The molecule has 1 heterocycles. The van der Waals surface area contributed by atoms with E-state index in [0.29, 0.717) is 6.54 Å². The number of rotatable bonds is 4. The van der Waals surface area contributed by atoms with E-state index >= 15 is 0 Å². The number of nitrogens with zero attached hydrogens (tertiary/aromatic N) is 2. The zero-order chi connectivity index (χ0) is 14.7. The number of nitrogens with two attached hydrogens (primary N) is 1. The third-order valence-electron chi connectivity index (χ3n) is 2.83. The fourth-order valence-corrected chi connectivity index (χ4v) is 1.95. The maximum Gasteiger partial charge on any atom is 0.339 e. The first-order valence-electron chi connectivity index (χ1n) is 6.05. The van der Waals surface area contributed by atoms with Crippen molar-refractivity contribution in [3.63, 3.8) is 0 Å². The normalized spacial score (nSPS) is 10.3. The van der Waals surface area contributed by atoms with Gasteiger partial charge in [0, 0.05) is 6.54 Å². The largest absolute Gasteiger partial charge is 0.478 e. The van der Waals surface area contributed by atoms with Gasteiger partial charge in [-0.2, -0.15) is 0 Å². The average Bonchev–Trinajstić information content (AvgIpc) is 2.42. The number of anilines is 3. The molecule has 0 amide bonds. The van der Waals surface area contributed by atoms with E-state index in [0.717, 1.165) is 0 Å². The molecule has 0 fully saturated rings. The van der Waals surface area contributed by atoms with Crippen molar-refractivity contribution in [2.75, 3.05) is 17.2 Å². The third-order valence-corrected chi connectivity index (χ3v) is 2.83. The van der Waals surface area contributed by atoms with E-state index in [1.165, 1.54) is 23.2 Å². The number of hydrogen-bond acceptors (Lipinski definition) is 4. The summed E-state index contributed by atoms with van der Waals surface area (Å²) >= 11 is 0. The van der Waals surface area contributed by atoms with Gasteiger partial charge < -0.3 is 15.7 Å². The van der Waals surface area contributed by atoms with Crippen molar-refractivity contribution in [1.29, 1.82) is 0 Å². The Bertz CT molecular complexity index is 646. The van der Waals surface area contributed by atoms with Gasteiger partial charge in [-0.3, -0.25) is 0 Å². The Morgan fingerprint density at radius 3 is 2.75 bits per heavy atom. The van der Waals surface area contributed by atoms with Gasteiger partial charge >= 0.3 is 5.97 Å². The zero-order valence-corrected chi connectivity index (χ0v) is 10.9. The number of hydrogen-bond donors (Lipinski definition) is 2. The summed E-state index contributed by atoms with van der Waals surface area (Å²) in [7, 11) is 0. The van der Waals surface area contributed by atoms with Crippen LogP contribution < -0.4 is 10.6 Å². The summed E-state index contributed by atoms with van der Waals surface area (Å²) < 4.78 is 13.9. The Hall–Kier alpha value is -2.63. The Morgan fingerprint density at radius 1 is 1.45 bits per heavy atom. The molecule has 0 aliphatic carbocycles. The molecule has 0 aliphatic rings. The lowest BCUT2D eigenvalue weighted by molar-refractivity contribution is 0.0697. The summed E-state index contributed by atoms with van der Waals surface area (Å²) in [6.07, 6.45) is 1.35. The number of halogens is 1. The average molecular weight is 275 g/mol. The monoisotopic (exact) mass is 275 g/mol. The second kappa shape index (κ2) is 5.56. The van der Waals surface area contributed by atoms with Crippen LogP contribution in [-0.2, 0) is 0 Å². The van der Waals surface area contributed by atoms with Crippen LogP contribution in [0.25, 0.3) is 0 Å². The summed E-state index contributed by atoms with van der Waals surface area (Å²) in [5.74, 6) is -1.43. The molecule has 0 atom stereocenters. The van der Waals surface area contributed by atoms with E-state index in [9.17, 15) is 14.3 Å². The lowest BCUT2D eigenvalue weighted by atomic mass is 10.2. The van der Waals surface area contributed by atoms with Gasteiger partial charge in [0.1, 0.15) is 17.2 Å². The predicted molar refractivity (Wildman–Crippen MR) is 74.7 cm³/mol. The summed E-state index contributed by atoms with van der Waals surface area (Å²) in [5, 5.41) is 9.23. The molecule has 0 saturated carbocycles. The van der Waals surface area contributed by atoms with Crippen LogP contribution in [0.3, 0.4) is 0 Å². The maximum absolute atomic E-state index is 13.9. The number of nitrogen functional groups attached to an aromatic ring is 1. The van der Waals surface area contributed by atoms with E-state index in [4.69, 9.17) is 5.73 Å². The maximum atomic E-state index is 13.9. The molecule has 2 aromatic rings. The molecule has 0 aliphatic heterocycles. The highest BCUT2D eigenvalue weighted by atomic mass is 19.1. The molecule has 20 heavy (non-hydrogen) atoms. The molecule has 2 rings (SSSR count). The van der Waals surface area contributed by atoms with E-state index in [1.807, 2.05) is 0 Å². The van der Waals surface area contributed by atoms with Gasteiger partial charge in [-0.15, -0.1) is 0 Å². The first kappa shape index (κ1) is 13.8. The zero-order valence-electron chi connectivity index (χ0n) is 10.9. The summed E-state index contributed by atoms with van der Waals surface area (Å²) in [6, 6.07) is 7.45. The summed E-state index contributed by atoms with van der Waals surface area (Å²) in [5.41, 5.74) is 6.02. The molecule has 1 aromatic carbocycles. The van der Waals surface area contributed by atoms with Gasteiger partial charge in [-0.25, -0.2) is 14.2 Å². The van der Waals surface area contributed by atoms with Crippen molar-refractivity contribution < 1.29 is 14.3 Å². The fourth-order valence-electron chi connectivity index (χ4n) is 1.95. The quantitative estimate of drug-likeness (QED) is 0.896. The minimum absolute atomic E-state index is 0.0601. The van der Waals surface area contributed by atoms with Crippen LogP contribution in [-0.4, -0.2) is 22.6 Å². The van der Waals surface area contributed by atoms with Crippen molar-refractivity contribution in [1.82, 2.24) is 4.98 Å². The molecule has 6 heteroatoms. The lowest BCUT2D eigenvalue weighted by Gasteiger charge is -2.24. The minimum Gasteiger partial charge on any atom is -0.478 e. The van der Waals surface area contributed by atoms with Crippen molar-refractivity contribution in [2.24, 2.45) is 0 Å². The Labute approximate surface area is 115 Å². The number of carboxylic acids is 1. The van der Waals surface area contributed by atoms with Gasteiger partial charge in [-0.1, -0.05) is 12.1 Å². The number of pyridine rings is 1. The first-order chi connectivity index (χ1) is 9.54. The highest BCUT2D eigenvalue weighted by Crippen LogP contribution is 2.29. The SMILES string of the molecule is CCN(c1ccccc1F)c1ncc(N)cc1C(=O)O. The Kier molecular flexibility index (Phi) is 3.84. The van der Waals surface area contributed by atoms with Crippen LogP contribution in [0.1, 0.15) is 17.3 Å². The van der Waals surface area contributed by atoms with Gasteiger partial charge in [0.2, 0.25) is 0 Å². The number of para-hydroxylation sites is 1. The number of carbonyl (C=O) groups is 1. The molecule has 3 N–H and O–H groups in total. The molecule has 104 valence electrons. The molecular formula is C14H14FN3O2. The Balaban J connectivity index is 2.58. The van der Waals surface area contributed by atoms with Crippen LogP contribution in [0.5, 0.6) is 0 Å². The molecule has 1 aromatic heterocycles. The van der Waals surface area contributed by atoms with Crippen molar-refractivity contribution >= 4 is 23.2 Å². The van der Waals surface area contributed by atoms with Crippen molar-refractivity contribution in [2.45, 2.75) is 6.92 Å². The second-order valence-electron chi connectivity index (χ2n) is 4.14. The smallest absolute Gasteiger partial charge is 0.339 e. The molecule has 0 bridgehead atoms. The number of aromatic nitrogens is 1. The number of carboxylic acid groups (broad SMARTS) is 1. The van der Waals surface area contributed by atoms with Crippen LogP contribution in [0.4, 0.5) is 21.6 Å². The van der Waals surface area contributed by atoms with Crippen molar-refractivity contribution in [3.8, 4) is 0 Å². The second-order valence-corrected chi connectivity index (χ2v) is 4.14. The third kappa shape index (κ3) is 2.54. The summed E-state index contributed by atoms with van der Waals surface area (Å²) in [4.78, 5) is 16.8. The van der Waals surface area contributed by atoms with Crippen LogP contribution in [0, 0.1) is 5.82 Å². The molecular weight excluding hydrogens is 261 g/mol. The van der Waals surface area contributed by atoms with Crippen molar-refractivity contribution in [3.05, 3.63) is 47.9 Å². The molecule has 5 nitrogen and oxygen atoms in total. The highest BCUT2D eigenvalue weighted by molar-refractivity contribution is 5.95. The first-order valence-corrected chi connectivity index (χ1v) is 6.05. The molecule has 0 radical (unpaired) electrons. The minimum atomic E-state index is -1.16. The topological polar surface area (TPSA) is 79.5 Å². The number of benzene rings is 1. The predicted octanol–water partition coefficient (Wildman–Crippen LogP) is 2.66. The lowest BCUT2D eigenvalue weighted by Crippen LogP contribution is -2.21. The standard InChI is InChI=1S/C14H14FN3O2/c1-2-18(12-6-4-3-5-11(12)15)13-10(14(19)20)7-9(16)8-17-13/h3-8H,2,16H2,1H3,(H,19,20). The molecule has 0 saturated heterocycles. The van der Waals surface area contributed by atoms with Gasteiger partial charge in [-0.05, 0) is 25.1 Å². The van der Waals surface area contributed by atoms with E-state index in [1.54, 1.807) is 25.1 Å². The number of aromatic carboxylic acids is 1. The van der Waals surface area contributed by atoms with Gasteiger partial charge in [0.25, 0.3) is 0 Å². The molecule has 0 spiro atoms. The van der Waals surface area contributed by atoms with Gasteiger partial charge in [0.05, 0.1) is 17.6 Å². The van der Waals surface area contributed by atoms with E-state index in [-0.39, 0.29) is 22.8 Å². The van der Waals surface area contributed by atoms with Crippen LogP contribution in [0.2, 0.25) is 0 Å². The van der Waals surface area contributed by atoms with Crippen LogP contribution >= 0.6 is 0 Å². The van der Waals surface area contributed by atoms with Crippen LogP contribution in [0.15, 0.2) is 36.5 Å². The fraction of sp³-hybridized carbons (Fsp3) is 0.143. The Morgan fingerprint density at radius 2 is 2.15 bits per heavy atom. The van der Waals surface area contributed by atoms with Gasteiger partial charge in [0.15, 0.2) is 0 Å². The molecule has 0 unspecified atom stereocenters. The highest BCUT2D eigenvalue weighted by Gasteiger charge is 2.20.